The van der Waals surface area contributed by atoms with Gasteiger partial charge in [0, 0.05) is 12.0 Å². The van der Waals surface area contributed by atoms with Crippen molar-refractivity contribution in [1.29, 1.82) is 0 Å². The molecule has 1 aliphatic rings. The van der Waals surface area contributed by atoms with Crippen LogP contribution in [0.25, 0.3) is 0 Å². The summed E-state index contributed by atoms with van der Waals surface area (Å²) in [5, 5.41) is 0. The number of carbonyl (C=O) groups is 4. The van der Waals surface area contributed by atoms with Crippen molar-refractivity contribution >= 4 is 23.9 Å². The molecule has 0 aliphatic carbocycles. The molecule has 25 heavy (non-hydrogen) atoms. The predicted octanol–water partition coefficient (Wildman–Crippen LogP) is 1.31. The lowest BCUT2D eigenvalue weighted by Gasteiger charge is -2.25. The van der Waals surface area contributed by atoms with E-state index in [0.717, 1.165) is 0 Å². The van der Waals surface area contributed by atoms with Gasteiger partial charge >= 0.3 is 23.9 Å². The zero-order chi connectivity index (χ0) is 19.0. The number of hydrogen-bond donors (Lipinski definition) is 0. The normalized spacial score (nSPS) is 23.0. The molecule has 1 saturated heterocycles. The van der Waals surface area contributed by atoms with Gasteiger partial charge in [-0.3, -0.25) is 9.59 Å². The fraction of sp³-hybridized carbons (Fsp3) is 0.647. The van der Waals surface area contributed by atoms with Gasteiger partial charge in [-0.25, -0.2) is 9.59 Å². The Morgan fingerprint density at radius 2 is 2.00 bits per heavy atom. The molecule has 8 nitrogen and oxygen atoms in total. The van der Waals surface area contributed by atoms with Crippen molar-refractivity contribution < 1.29 is 38.1 Å². The Morgan fingerprint density at radius 3 is 2.56 bits per heavy atom. The maximum atomic E-state index is 11.9. The summed E-state index contributed by atoms with van der Waals surface area (Å²) < 4.78 is 20.0. The van der Waals surface area contributed by atoms with E-state index in [1.165, 1.54) is 14.0 Å². The topological polar surface area (TPSA) is 105 Å². The molecule has 0 N–H and O–H groups in total. The molecule has 0 bridgehead atoms. The van der Waals surface area contributed by atoms with Crippen LogP contribution in [-0.2, 0) is 38.1 Å². The molecule has 0 amide bonds. The van der Waals surface area contributed by atoms with Crippen LogP contribution in [0.1, 0.15) is 39.5 Å². The minimum absolute atomic E-state index is 0.100. The van der Waals surface area contributed by atoms with Gasteiger partial charge in [0.05, 0.1) is 19.4 Å². The Hall–Kier alpha value is -2.38. The summed E-state index contributed by atoms with van der Waals surface area (Å²) in [7, 11) is 1.22. The first-order valence-corrected chi connectivity index (χ1v) is 8.07. The lowest BCUT2D eigenvalue weighted by Crippen LogP contribution is -2.36. The Kier molecular flexibility index (Phi) is 8.10. The molecule has 0 spiro atoms. The quantitative estimate of drug-likeness (QED) is 0.382. The second kappa shape index (κ2) is 9.80. The molecular formula is C17H24O8. The first-order valence-electron chi connectivity index (χ1n) is 8.07. The fourth-order valence-electron chi connectivity index (χ4n) is 2.46. The van der Waals surface area contributed by atoms with Crippen LogP contribution < -0.4 is 0 Å². The minimum Gasteiger partial charge on any atom is -0.469 e. The van der Waals surface area contributed by atoms with E-state index in [2.05, 4.69) is 11.3 Å². The monoisotopic (exact) mass is 356 g/mol. The molecule has 3 unspecified atom stereocenters. The van der Waals surface area contributed by atoms with E-state index < -0.39 is 48.6 Å². The van der Waals surface area contributed by atoms with E-state index in [4.69, 9.17) is 14.2 Å². The summed E-state index contributed by atoms with van der Waals surface area (Å²) in [6.45, 7) is 6.17. The molecule has 0 radical (unpaired) electrons. The van der Waals surface area contributed by atoms with Gasteiger partial charge in [-0.1, -0.05) is 19.9 Å². The summed E-state index contributed by atoms with van der Waals surface area (Å²) in [4.78, 5) is 46.9. The van der Waals surface area contributed by atoms with Gasteiger partial charge in [0.2, 0.25) is 0 Å². The van der Waals surface area contributed by atoms with Crippen LogP contribution in [0.4, 0.5) is 0 Å². The molecule has 0 saturated carbocycles. The Balaban J connectivity index is 2.79. The average molecular weight is 356 g/mol. The van der Waals surface area contributed by atoms with Crippen molar-refractivity contribution in [1.82, 2.24) is 0 Å². The van der Waals surface area contributed by atoms with Gasteiger partial charge in [0.25, 0.3) is 0 Å². The van der Waals surface area contributed by atoms with Gasteiger partial charge in [0.1, 0.15) is 12.2 Å². The number of methoxy groups -OCH3 is 1. The molecule has 0 aromatic rings. The van der Waals surface area contributed by atoms with Crippen molar-refractivity contribution in [2.75, 3.05) is 13.7 Å². The minimum atomic E-state index is -0.813. The second-order valence-electron chi connectivity index (χ2n) is 5.86. The molecule has 1 aliphatic heterocycles. The predicted molar refractivity (Wildman–Crippen MR) is 85.2 cm³/mol. The molecule has 0 aromatic heterocycles. The van der Waals surface area contributed by atoms with Crippen LogP contribution in [0.3, 0.4) is 0 Å². The van der Waals surface area contributed by atoms with Crippen molar-refractivity contribution in [3.05, 3.63) is 12.2 Å². The lowest BCUT2D eigenvalue weighted by atomic mass is 9.95. The third kappa shape index (κ3) is 6.56. The summed E-state index contributed by atoms with van der Waals surface area (Å²) >= 11 is 0. The van der Waals surface area contributed by atoms with Gasteiger partial charge < -0.3 is 18.9 Å². The highest BCUT2D eigenvalue weighted by Crippen LogP contribution is 2.27. The van der Waals surface area contributed by atoms with Crippen molar-refractivity contribution in [3.63, 3.8) is 0 Å². The summed E-state index contributed by atoms with van der Waals surface area (Å²) in [6.07, 6.45) is -0.336. The van der Waals surface area contributed by atoms with Gasteiger partial charge in [0.15, 0.2) is 6.61 Å². The highest BCUT2D eigenvalue weighted by Gasteiger charge is 2.38. The molecule has 0 aromatic carbocycles. The number of ether oxygens (including phenoxy) is 4. The summed E-state index contributed by atoms with van der Waals surface area (Å²) in [6, 6.07) is 0. The fourth-order valence-corrected chi connectivity index (χ4v) is 2.46. The van der Waals surface area contributed by atoms with Crippen LogP contribution in [0, 0.1) is 5.92 Å². The largest absolute Gasteiger partial charge is 0.469 e. The highest BCUT2D eigenvalue weighted by molar-refractivity contribution is 5.88. The maximum absolute atomic E-state index is 11.9. The highest BCUT2D eigenvalue weighted by atomic mass is 16.6. The molecule has 1 rings (SSSR count). The van der Waals surface area contributed by atoms with E-state index in [1.54, 1.807) is 0 Å². The van der Waals surface area contributed by atoms with E-state index in [1.807, 2.05) is 6.92 Å². The van der Waals surface area contributed by atoms with Crippen molar-refractivity contribution in [3.8, 4) is 0 Å². The SMILES string of the molecule is C=C(C)C(=O)OCC(=O)OC1CC(C(=O)OC)CC(=O)OC1CCC. The first-order chi connectivity index (χ1) is 11.8. The van der Waals surface area contributed by atoms with E-state index in [-0.39, 0.29) is 18.4 Å². The van der Waals surface area contributed by atoms with Crippen LogP contribution in [0.5, 0.6) is 0 Å². The summed E-state index contributed by atoms with van der Waals surface area (Å²) in [5.41, 5.74) is 0.158. The van der Waals surface area contributed by atoms with Gasteiger partial charge in [-0.05, 0) is 13.3 Å². The zero-order valence-electron chi connectivity index (χ0n) is 14.7. The van der Waals surface area contributed by atoms with Crippen LogP contribution in [0.2, 0.25) is 0 Å². The maximum Gasteiger partial charge on any atom is 0.344 e. The summed E-state index contributed by atoms with van der Waals surface area (Å²) in [5.74, 6) is -3.36. The van der Waals surface area contributed by atoms with Crippen molar-refractivity contribution in [2.45, 2.75) is 51.7 Å². The Morgan fingerprint density at radius 1 is 1.32 bits per heavy atom. The Bertz CT molecular complexity index is 539. The molecule has 1 fully saturated rings. The molecule has 3 atom stereocenters. The van der Waals surface area contributed by atoms with E-state index in [0.29, 0.717) is 12.8 Å². The number of carbonyl (C=O) groups excluding carboxylic acids is 4. The zero-order valence-corrected chi connectivity index (χ0v) is 14.7. The van der Waals surface area contributed by atoms with Crippen molar-refractivity contribution in [2.24, 2.45) is 5.92 Å². The third-order valence-corrected chi connectivity index (χ3v) is 3.69. The average Bonchev–Trinajstić information content (AvgIpc) is 2.71. The van der Waals surface area contributed by atoms with Gasteiger partial charge in [-0.2, -0.15) is 0 Å². The molecular weight excluding hydrogens is 332 g/mol. The molecule has 1 heterocycles. The smallest absolute Gasteiger partial charge is 0.344 e. The van der Waals surface area contributed by atoms with Crippen LogP contribution in [-0.4, -0.2) is 49.8 Å². The molecule has 140 valence electrons. The van der Waals surface area contributed by atoms with Crippen LogP contribution >= 0.6 is 0 Å². The van der Waals surface area contributed by atoms with Gasteiger partial charge in [-0.15, -0.1) is 0 Å². The number of cyclic esters (lactones) is 1. The third-order valence-electron chi connectivity index (χ3n) is 3.69. The molecule has 8 heteroatoms. The second-order valence-corrected chi connectivity index (χ2v) is 5.86. The lowest BCUT2D eigenvalue weighted by molar-refractivity contribution is -0.171. The number of esters is 4. The number of rotatable bonds is 7. The first kappa shape index (κ1) is 20.7. The van der Waals surface area contributed by atoms with E-state index in [9.17, 15) is 19.2 Å². The van der Waals surface area contributed by atoms with E-state index >= 15 is 0 Å². The standard InChI is InChI=1S/C17H24O8/c1-5-6-12-13(25-15(19)9-23-16(20)10(2)3)7-11(17(21)22-4)8-14(18)24-12/h11-13H,2,5-9H2,1,3-4H3. The number of hydrogen-bond acceptors (Lipinski definition) is 8. The van der Waals surface area contributed by atoms with Crippen LogP contribution in [0.15, 0.2) is 12.2 Å². The Labute approximate surface area is 146 Å².